The van der Waals surface area contributed by atoms with Gasteiger partial charge in [-0.15, -0.1) is 0 Å². The number of hydrogen-bond acceptors (Lipinski definition) is 3. The van der Waals surface area contributed by atoms with Crippen LogP contribution < -0.4 is 0 Å². The first kappa shape index (κ1) is 28.8. The fraction of sp³-hybridized carbons (Fsp3) is 0.333. The van der Waals surface area contributed by atoms with Crippen LogP contribution in [0.5, 0.6) is 0 Å². The summed E-state index contributed by atoms with van der Waals surface area (Å²) in [5, 5.41) is 0. The van der Waals surface area contributed by atoms with E-state index in [1.54, 1.807) is 0 Å². The third-order valence-electron chi connectivity index (χ3n) is 7.32. The number of hydrogen-bond donors (Lipinski definition) is 0. The van der Waals surface area contributed by atoms with Gasteiger partial charge in [0.05, 0.1) is 39.6 Å². The van der Waals surface area contributed by atoms with E-state index in [0.717, 1.165) is 19.3 Å². The van der Waals surface area contributed by atoms with Crippen LogP contribution in [0.1, 0.15) is 70.8 Å². The minimum atomic E-state index is 0.586. The zero-order valence-electron chi connectivity index (χ0n) is 23.7. The summed E-state index contributed by atoms with van der Waals surface area (Å²) in [4.78, 5) is 0. The van der Waals surface area contributed by atoms with Gasteiger partial charge in [-0.2, -0.15) is 0 Å². The Morgan fingerprint density at radius 3 is 0.821 bits per heavy atom. The van der Waals surface area contributed by atoms with Crippen molar-refractivity contribution in [2.45, 2.75) is 79.7 Å². The lowest BCUT2D eigenvalue weighted by Gasteiger charge is -2.26. The minimum Gasteiger partial charge on any atom is -0.372 e. The first-order valence-electron chi connectivity index (χ1n) is 14.3. The van der Waals surface area contributed by atoms with Gasteiger partial charge in [-0.25, -0.2) is 0 Å². The Morgan fingerprint density at radius 2 is 0.590 bits per heavy atom. The Labute approximate surface area is 234 Å². The Kier molecular flexibility index (Phi) is 11.3. The number of ether oxygens (including phenoxy) is 3. The molecule has 39 heavy (non-hydrogen) atoms. The summed E-state index contributed by atoms with van der Waals surface area (Å²) < 4.78 is 19.0. The van der Waals surface area contributed by atoms with Gasteiger partial charge in [0.15, 0.2) is 0 Å². The second kappa shape index (κ2) is 15.4. The van der Waals surface area contributed by atoms with Crippen LogP contribution in [0.3, 0.4) is 0 Å². The smallest absolute Gasteiger partial charge is 0.0727 e. The molecule has 0 aliphatic rings. The average molecular weight is 523 g/mol. The van der Waals surface area contributed by atoms with Crippen LogP contribution >= 0.6 is 0 Å². The third-order valence-corrected chi connectivity index (χ3v) is 7.32. The molecule has 0 amide bonds. The fourth-order valence-electron chi connectivity index (χ4n) is 5.43. The Hall–Kier alpha value is -3.24. The van der Waals surface area contributed by atoms with Gasteiger partial charge >= 0.3 is 0 Å². The van der Waals surface area contributed by atoms with Gasteiger partial charge in [-0.3, -0.25) is 0 Å². The molecule has 0 spiro atoms. The summed E-state index contributed by atoms with van der Waals surface area (Å²) in [6.07, 6.45) is 2.83. The van der Waals surface area contributed by atoms with E-state index in [1.165, 1.54) is 50.1 Å². The molecule has 0 aliphatic carbocycles. The lowest BCUT2D eigenvalue weighted by molar-refractivity contribution is 0.0969. The summed E-state index contributed by atoms with van der Waals surface area (Å²) in [5.41, 5.74) is 11.6. The molecular weight excluding hydrogens is 480 g/mol. The highest BCUT2D eigenvalue weighted by Gasteiger charge is 2.22. The van der Waals surface area contributed by atoms with E-state index < -0.39 is 0 Å². The largest absolute Gasteiger partial charge is 0.372 e. The van der Waals surface area contributed by atoms with Gasteiger partial charge in [0.1, 0.15) is 0 Å². The van der Waals surface area contributed by atoms with Crippen LogP contribution in [0.25, 0.3) is 0 Å². The van der Waals surface area contributed by atoms with Gasteiger partial charge in [0.25, 0.3) is 0 Å². The molecule has 0 bridgehead atoms. The molecule has 4 rings (SSSR count). The molecule has 0 atom stereocenters. The third kappa shape index (κ3) is 7.89. The summed E-state index contributed by atoms with van der Waals surface area (Å²) >= 11 is 0. The van der Waals surface area contributed by atoms with Crippen molar-refractivity contribution in [2.24, 2.45) is 0 Å². The van der Waals surface area contributed by atoms with Crippen LogP contribution in [0.15, 0.2) is 91.0 Å². The van der Waals surface area contributed by atoms with E-state index in [9.17, 15) is 0 Å². The topological polar surface area (TPSA) is 27.7 Å². The molecule has 0 heterocycles. The molecule has 0 radical (unpaired) electrons. The van der Waals surface area contributed by atoms with Crippen LogP contribution in [-0.4, -0.2) is 0 Å². The first-order chi connectivity index (χ1) is 19.2. The maximum atomic E-state index is 6.34. The Balaban J connectivity index is 1.64. The molecule has 4 aromatic rings. The van der Waals surface area contributed by atoms with Crippen molar-refractivity contribution in [1.29, 1.82) is 0 Å². The van der Waals surface area contributed by atoms with Gasteiger partial charge in [-0.05, 0) is 69.3 Å². The predicted octanol–water partition coefficient (Wildman–Crippen LogP) is 8.52. The summed E-state index contributed by atoms with van der Waals surface area (Å²) in [5.74, 6) is 0. The minimum absolute atomic E-state index is 0.586. The van der Waals surface area contributed by atoms with Crippen molar-refractivity contribution < 1.29 is 14.2 Å². The molecule has 0 aliphatic heterocycles. The Bertz CT molecular complexity index is 1090. The second-order valence-electron chi connectivity index (χ2n) is 9.87. The monoisotopic (exact) mass is 522 g/mol. The van der Waals surface area contributed by atoms with Gasteiger partial charge in [-0.1, -0.05) is 112 Å². The summed E-state index contributed by atoms with van der Waals surface area (Å²) in [6, 6.07) is 31.2. The highest BCUT2D eigenvalue weighted by atomic mass is 16.5. The summed E-state index contributed by atoms with van der Waals surface area (Å²) in [6.45, 7) is 10.3. The quantitative estimate of drug-likeness (QED) is 0.157. The molecule has 3 nitrogen and oxygen atoms in total. The molecular formula is C36H42O3. The van der Waals surface area contributed by atoms with Crippen molar-refractivity contribution in [1.82, 2.24) is 0 Å². The van der Waals surface area contributed by atoms with Gasteiger partial charge in [0, 0.05) is 0 Å². The molecule has 3 heteroatoms. The SMILES string of the molecule is CCc1c(COCc2ccccc2)c(CC)c(COCc2ccccc2)c(CC)c1COCc1ccccc1. The molecule has 0 aromatic heterocycles. The highest BCUT2D eigenvalue weighted by molar-refractivity contribution is 5.52. The van der Waals surface area contributed by atoms with E-state index in [2.05, 4.69) is 93.6 Å². The highest BCUT2D eigenvalue weighted by Crippen LogP contribution is 2.33. The van der Waals surface area contributed by atoms with Crippen LogP contribution in [-0.2, 0) is 73.1 Å². The molecule has 0 fully saturated rings. The molecule has 0 N–H and O–H groups in total. The molecule has 4 aromatic carbocycles. The van der Waals surface area contributed by atoms with Crippen molar-refractivity contribution in [3.05, 3.63) is 141 Å². The van der Waals surface area contributed by atoms with Crippen LogP contribution in [0.2, 0.25) is 0 Å². The molecule has 0 saturated heterocycles. The van der Waals surface area contributed by atoms with E-state index in [4.69, 9.17) is 14.2 Å². The van der Waals surface area contributed by atoms with E-state index in [1.807, 2.05) is 18.2 Å². The van der Waals surface area contributed by atoms with Crippen molar-refractivity contribution in [3.8, 4) is 0 Å². The zero-order chi connectivity index (χ0) is 27.3. The molecule has 0 saturated carbocycles. The standard InChI is InChI=1S/C36H42O3/c1-4-31-34(25-37-22-28-16-10-7-11-17-28)32(5-2)36(27-39-24-30-20-14-9-15-21-30)33(6-3)35(31)26-38-23-29-18-12-8-13-19-29/h7-21H,4-6,22-27H2,1-3H3. The predicted molar refractivity (Wildman–Crippen MR) is 159 cm³/mol. The normalized spacial score (nSPS) is 11.2. The average Bonchev–Trinajstić information content (AvgIpc) is 2.99. The van der Waals surface area contributed by atoms with E-state index in [-0.39, 0.29) is 0 Å². The second-order valence-corrected chi connectivity index (χ2v) is 9.87. The fourth-order valence-corrected chi connectivity index (χ4v) is 5.43. The van der Waals surface area contributed by atoms with Gasteiger partial charge < -0.3 is 14.2 Å². The lowest BCUT2D eigenvalue weighted by atomic mass is 9.84. The molecule has 0 unspecified atom stereocenters. The first-order valence-corrected chi connectivity index (χ1v) is 14.3. The summed E-state index contributed by atoms with van der Waals surface area (Å²) in [7, 11) is 0. The van der Waals surface area contributed by atoms with Gasteiger partial charge in [0.2, 0.25) is 0 Å². The molecule has 204 valence electrons. The van der Waals surface area contributed by atoms with Crippen LogP contribution in [0, 0.1) is 0 Å². The number of benzene rings is 4. The maximum absolute atomic E-state index is 6.34. The van der Waals surface area contributed by atoms with E-state index >= 15 is 0 Å². The van der Waals surface area contributed by atoms with Crippen molar-refractivity contribution in [2.75, 3.05) is 0 Å². The Morgan fingerprint density at radius 1 is 0.333 bits per heavy atom. The van der Waals surface area contributed by atoms with Crippen molar-refractivity contribution in [3.63, 3.8) is 0 Å². The van der Waals surface area contributed by atoms with E-state index in [0.29, 0.717) is 39.6 Å². The lowest BCUT2D eigenvalue weighted by Crippen LogP contribution is -2.15. The number of rotatable bonds is 15. The van der Waals surface area contributed by atoms with Crippen molar-refractivity contribution >= 4 is 0 Å². The maximum Gasteiger partial charge on any atom is 0.0727 e. The van der Waals surface area contributed by atoms with Crippen LogP contribution in [0.4, 0.5) is 0 Å². The zero-order valence-corrected chi connectivity index (χ0v) is 23.7.